The van der Waals surface area contributed by atoms with Crippen LogP contribution < -0.4 is 15.4 Å². The van der Waals surface area contributed by atoms with E-state index < -0.39 is 0 Å². The van der Waals surface area contributed by atoms with E-state index >= 15 is 0 Å². The van der Waals surface area contributed by atoms with Crippen LogP contribution in [0.4, 0.5) is 11.4 Å². The Bertz CT molecular complexity index is 596. The van der Waals surface area contributed by atoms with Crippen molar-refractivity contribution in [3.05, 3.63) is 54.1 Å². The van der Waals surface area contributed by atoms with Crippen molar-refractivity contribution in [2.24, 2.45) is 0 Å². The quantitative estimate of drug-likeness (QED) is 0.791. The van der Waals surface area contributed by atoms with Crippen LogP contribution in [0.3, 0.4) is 0 Å². The molecule has 110 valence electrons. The van der Waals surface area contributed by atoms with Crippen molar-refractivity contribution in [1.82, 2.24) is 0 Å². The van der Waals surface area contributed by atoms with Crippen LogP contribution >= 0.6 is 12.2 Å². The van der Waals surface area contributed by atoms with Crippen LogP contribution in [-0.4, -0.2) is 11.7 Å². The molecule has 21 heavy (non-hydrogen) atoms. The summed E-state index contributed by atoms with van der Waals surface area (Å²) >= 11 is 5.33. The van der Waals surface area contributed by atoms with Crippen molar-refractivity contribution in [1.29, 1.82) is 0 Å². The lowest BCUT2D eigenvalue weighted by atomic mass is 10.2. The van der Waals surface area contributed by atoms with Crippen LogP contribution in [0.25, 0.3) is 0 Å². The van der Waals surface area contributed by atoms with Gasteiger partial charge in [-0.15, -0.1) is 0 Å². The van der Waals surface area contributed by atoms with Crippen LogP contribution in [0.5, 0.6) is 5.75 Å². The molecule has 0 amide bonds. The maximum atomic E-state index is 5.55. The van der Waals surface area contributed by atoms with Gasteiger partial charge >= 0.3 is 0 Å². The lowest BCUT2D eigenvalue weighted by Crippen LogP contribution is -2.19. The fraction of sp³-hybridized carbons (Fsp3) is 0.235. The summed E-state index contributed by atoms with van der Waals surface area (Å²) in [7, 11) is 0. The average molecular weight is 300 g/mol. The molecule has 3 nitrogen and oxygen atoms in total. The van der Waals surface area contributed by atoms with E-state index in [0.29, 0.717) is 5.11 Å². The second-order valence-corrected chi connectivity index (χ2v) is 5.18. The highest BCUT2D eigenvalue weighted by Gasteiger charge is 2.01. The normalized spacial score (nSPS) is 10.0. The number of hydrogen-bond donors (Lipinski definition) is 2. The van der Waals surface area contributed by atoms with E-state index in [1.807, 2.05) is 55.5 Å². The molecule has 0 saturated carbocycles. The zero-order valence-corrected chi connectivity index (χ0v) is 13.2. The van der Waals surface area contributed by atoms with Gasteiger partial charge < -0.3 is 15.4 Å². The van der Waals surface area contributed by atoms with E-state index in [1.165, 1.54) is 0 Å². The molecule has 0 spiro atoms. The van der Waals surface area contributed by atoms with Crippen molar-refractivity contribution < 1.29 is 4.74 Å². The summed E-state index contributed by atoms with van der Waals surface area (Å²) in [5.74, 6) is 0.875. The van der Waals surface area contributed by atoms with Crippen molar-refractivity contribution in [2.75, 3.05) is 17.2 Å². The minimum absolute atomic E-state index is 0.575. The molecule has 0 saturated heterocycles. The predicted molar refractivity (Wildman–Crippen MR) is 93.3 cm³/mol. The van der Waals surface area contributed by atoms with Gasteiger partial charge in [-0.05, 0) is 61.5 Å². The number of aryl methyl sites for hydroxylation is 1. The van der Waals surface area contributed by atoms with E-state index in [9.17, 15) is 0 Å². The summed E-state index contributed by atoms with van der Waals surface area (Å²) in [5, 5.41) is 6.94. The number of anilines is 2. The molecule has 0 bridgehead atoms. The van der Waals surface area contributed by atoms with E-state index in [-0.39, 0.29) is 0 Å². The van der Waals surface area contributed by atoms with Crippen LogP contribution in [0.2, 0.25) is 0 Å². The van der Waals surface area contributed by atoms with Gasteiger partial charge in [-0.25, -0.2) is 0 Å². The van der Waals surface area contributed by atoms with Crippen LogP contribution in [-0.2, 0) is 0 Å². The third-order valence-electron chi connectivity index (χ3n) is 2.98. The third-order valence-corrected chi connectivity index (χ3v) is 3.18. The van der Waals surface area contributed by atoms with Gasteiger partial charge in [0.1, 0.15) is 5.75 Å². The summed E-state index contributed by atoms with van der Waals surface area (Å²) < 4.78 is 5.55. The molecule has 0 radical (unpaired) electrons. The van der Waals surface area contributed by atoms with Crippen molar-refractivity contribution >= 4 is 28.7 Å². The largest absolute Gasteiger partial charge is 0.494 e. The molecular formula is C17H20N2OS. The van der Waals surface area contributed by atoms with E-state index in [4.69, 9.17) is 17.0 Å². The summed E-state index contributed by atoms with van der Waals surface area (Å²) in [6.45, 7) is 4.87. The Morgan fingerprint density at radius 3 is 2.43 bits per heavy atom. The van der Waals surface area contributed by atoms with Gasteiger partial charge in [-0.3, -0.25) is 0 Å². The van der Waals surface area contributed by atoms with Crippen LogP contribution in [0.15, 0.2) is 48.5 Å². The highest BCUT2D eigenvalue weighted by Crippen LogP contribution is 2.17. The molecular weight excluding hydrogens is 280 g/mol. The first kappa shape index (κ1) is 15.3. The van der Waals surface area contributed by atoms with Gasteiger partial charge in [0.15, 0.2) is 5.11 Å². The Morgan fingerprint density at radius 1 is 1.05 bits per heavy atom. The Balaban J connectivity index is 1.92. The fourth-order valence-corrected chi connectivity index (χ4v) is 2.08. The van der Waals surface area contributed by atoms with Gasteiger partial charge in [0.05, 0.1) is 6.61 Å². The first-order valence-electron chi connectivity index (χ1n) is 7.05. The Kier molecular flexibility index (Phi) is 5.58. The number of rotatable bonds is 5. The van der Waals surface area contributed by atoms with Crippen molar-refractivity contribution in [3.8, 4) is 5.75 Å². The number of hydrogen-bond acceptors (Lipinski definition) is 2. The maximum Gasteiger partial charge on any atom is 0.175 e. The monoisotopic (exact) mass is 300 g/mol. The standard InChI is InChI=1S/C17H20N2OS/c1-3-12-20-15-10-8-14(9-11-15)18-17(21)19-16-7-5-4-6-13(16)2/h4-11H,3,12H2,1-2H3,(H2,18,19,21). The van der Waals surface area contributed by atoms with E-state index in [1.54, 1.807) is 0 Å². The first-order valence-corrected chi connectivity index (χ1v) is 7.46. The molecule has 2 N–H and O–H groups in total. The molecule has 0 unspecified atom stereocenters. The van der Waals surface area contributed by atoms with Crippen LogP contribution in [0.1, 0.15) is 18.9 Å². The molecule has 4 heteroatoms. The summed E-state index contributed by atoms with van der Waals surface area (Å²) in [4.78, 5) is 0. The predicted octanol–water partition coefficient (Wildman–Crippen LogP) is 4.59. The minimum Gasteiger partial charge on any atom is -0.494 e. The second kappa shape index (κ2) is 7.64. The molecule has 0 atom stereocenters. The number of nitrogens with one attached hydrogen (secondary N) is 2. The van der Waals surface area contributed by atoms with Crippen molar-refractivity contribution in [2.45, 2.75) is 20.3 Å². The van der Waals surface area contributed by atoms with Gasteiger partial charge in [-0.1, -0.05) is 25.1 Å². The molecule has 0 aromatic heterocycles. The van der Waals surface area contributed by atoms with Crippen molar-refractivity contribution in [3.63, 3.8) is 0 Å². The summed E-state index contributed by atoms with van der Waals surface area (Å²) in [6.07, 6.45) is 1.00. The molecule has 0 aliphatic rings. The highest BCUT2D eigenvalue weighted by molar-refractivity contribution is 7.80. The van der Waals surface area contributed by atoms with Gasteiger partial charge in [0, 0.05) is 11.4 Å². The molecule has 0 aliphatic carbocycles. The SMILES string of the molecule is CCCOc1ccc(NC(=S)Nc2ccccc2C)cc1. The lowest BCUT2D eigenvalue weighted by molar-refractivity contribution is 0.317. The van der Waals surface area contributed by atoms with Gasteiger partial charge in [-0.2, -0.15) is 0 Å². The minimum atomic E-state index is 0.575. The lowest BCUT2D eigenvalue weighted by Gasteiger charge is -2.13. The molecule has 0 fully saturated rings. The molecule has 0 aliphatic heterocycles. The molecule has 2 aromatic rings. The fourth-order valence-electron chi connectivity index (χ4n) is 1.85. The highest BCUT2D eigenvalue weighted by atomic mass is 32.1. The Morgan fingerprint density at radius 2 is 1.76 bits per heavy atom. The molecule has 2 aromatic carbocycles. The number of ether oxygens (including phenoxy) is 1. The number of para-hydroxylation sites is 1. The summed E-state index contributed by atoms with van der Waals surface area (Å²) in [6, 6.07) is 15.8. The second-order valence-electron chi connectivity index (χ2n) is 4.77. The zero-order valence-electron chi connectivity index (χ0n) is 12.3. The maximum absolute atomic E-state index is 5.55. The topological polar surface area (TPSA) is 33.3 Å². The van der Waals surface area contributed by atoms with Crippen LogP contribution in [0, 0.1) is 6.92 Å². The molecule has 2 rings (SSSR count). The third kappa shape index (κ3) is 4.76. The van der Waals surface area contributed by atoms with E-state index in [0.717, 1.165) is 35.7 Å². The van der Waals surface area contributed by atoms with E-state index in [2.05, 4.69) is 17.6 Å². The first-order chi connectivity index (χ1) is 10.2. The van der Waals surface area contributed by atoms with Gasteiger partial charge in [0.25, 0.3) is 0 Å². The number of thiocarbonyl (C=S) groups is 1. The summed E-state index contributed by atoms with van der Waals surface area (Å²) in [5.41, 5.74) is 3.10. The smallest absolute Gasteiger partial charge is 0.175 e. The average Bonchev–Trinajstić information content (AvgIpc) is 2.49. The Hall–Kier alpha value is -2.07. The molecule has 0 heterocycles. The Labute approximate surface area is 131 Å². The van der Waals surface area contributed by atoms with Gasteiger partial charge in [0.2, 0.25) is 0 Å². The number of benzene rings is 2. The zero-order chi connectivity index (χ0) is 15.1.